The summed E-state index contributed by atoms with van der Waals surface area (Å²) in [6, 6.07) is 0. The zero-order chi connectivity index (χ0) is 7.23. The van der Waals surface area contributed by atoms with E-state index < -0.39 is 0 Å². The van der Waals surface area contributed by atoms with Crippen LogP contribution in [0.15, 0.2) is 48.1 Å². The van der Waals surface area contributed by atoms with Gasteiger partial charge in [-0.2, -0.15) is 0 Å². The summed E-state index contributed by atoms with van der Waals surface area (Å²) < 4.78 is 0. The first kappa shape index (κ1) is 7.07. The fraction of sp³-hybridized carbons (Fsp3) is 0.200. The van der Waals surface area contributed by atoms with Crippen LogP contribution in [0.2, 0.25) is 0 Å². The van der Waals surface area contributed by atoms with E-state index in [2.05, 4.69) is 36.5 Å². The van der Waals surface area contributed by atoms with Crippen LogP contribution in [0.25, 0.3) is 0 Å². The first-order chi connectivity index (χ1) is 4.93. The molecule has 0 aromatic heterocycles. The third-order valence-electron chi connectivity index (χ3n) is 1.41. The molecular formula is C10H12. The average molecular weight is 132 g/mol. The minimum Gasteiger partial charge on any atom is -0.0877 e. The van der Waals surface area contributed by atoms with Crippen molar-refractivity contribution >= 4 is 0 Å². The maximum absolute atomic E-state index is 2.16. The van der Waals surface area contributed by atoms with E-state index in [9.17, 15) is 0 Å². The Kier molecular flexibility index (Phi) is 2.75. The smallest absolute Gasteiger partial charge is 0.00943 e. The molecule has 0 heterocycles. The van der Waals surface area contributed by atoms with Gasteiger partial charge in [-0.15, -0.1) is 0 Å². The molecule has 1 aliphatic rings. The van der Waals surface area contributed by atoms with E-state index in [0.717, 1.165) is 6.42 Å². The highest BCUT2D eigenvalue weighted by Gasteiger charge is 1.89. The molecule has 0 heteroatoms. The van der Waals surface area contributed by atoms with Crippen molar-refractivity contribution in [2.75, 3.05) is 0 Å². The van der Waals surface area contributed by atoms with Crippen molar-refractivity contribution in [1.29, 1.82) is 0 Å². The Morgan fingerprint density at radius 3 is 2.90 bits per heavy atom. The molecule has 0 fully saturated rings. The maximum Gasteiger partial charge on any atom is -0.00943 e. The van der Waals surface area contributed by atoms with Crippen LogP contribution in [-0.2, 0) is 0 Å². The molecule has 0 N–H and O–H groups in total. The molecule has 1 rings (SSSR count). The van der Waals surface area contributed by atoms with Gasteiger partial charge in [0.05, 0.1) is 0 Å². The van der Waals surface area contributed by atoms with Crippen LogP contribution in [0.4, 0.5) is 0 Å². The number of hydrogen-bond donors (Lipinski definition) is 0. The zero-order valence-corrected chi connectivity index (χ0v) is 6.25. The fourth-order valence-corrected chi connectivity index (χ4v) is 0.873. The molecule has 52 valence electrons. The highest BCUT2D eigenvalue weighted by molar-refractivity contribution is 5.31. The second-order valence-electron chi connectivity index (χ2n) is 2.26. The van der Waals surface area contributed by atoms with Crippen LogP contribution < -0.4 is 0 Å². The molecule has 0 aromatic rings. The van der Waals surface area contributed by atoms with Gasteiger partial charge in [0.15, 0.2) is 0 Å². The summed E-state index contributed by atoms with van der Waals surface area (Å²) in [5, 5.41) is 0. The number of hydrogen-bond acceptors (Lipinski definition) is 0. The van der Waals surface area contributed by atoms with Gasteiger partial charge in [-0.25, -0.2) is 0 Å². The van der Waals surface area contributed by atoms with E-state index in [-0.39, 0.29) is 0 Å². The first-order valence-electron chi connectivity index (χ1n) is 3.58. The van der Waals surface area contributed by atoms with Gasteiger partial charge in [-0.1, -0.05) is 42.5 Å². The molecular weight excluding hydrogens is 120 g/mol. The first-order valence-corrected chi connectivity index (χ1v) is 3.58. The van der Waals surface area contributed by atoms with Crippen molar-refractivity contribution in [1.82, 2.24) is 0 Å². The second kappa shape index (κ2) is 3.89. The van der Waals surface area contributed by atoms with E-state index in [1.54, 1.807) is 0 Å². The largest absolute Gasteiger partial charge is 0.0877 e. The van der Waals surface area contributed by atoms with Gasteiger partial charge in [-0.05, 0) is 18.9 Å². The Labute approximate surface area is 62.3 Å². The Morgan fingerprint density at radius 1 is 1.40 bits per heavy atom. The summed E-state index contributed by atoms with van der Waals surface area (Å²) in [4.78, 5) is 0. The predicted octanol–water partition coefficient (Wildman–Crippen LogP) is 3.01. The standard InChI is InChI=1S/C10H12/c1-2-3-7-10-8-5-4-6-9-10/h2-8H,9H2,1H3. The molecule has 0 aliphatic heterocycles. The molecule has 0 nitrogen and oxygen atoms in total. The van der Waals surface area contributed by atoms with E-state index >= 15 is 0 Å². The molecule has 0 saturated carbocycles. The molecule has 10 heavy (non-hydrogen) atoms. The van der Waals surface area contributed by atoms with Crippen LogP contribution in [0.1, 0.15) is 13.3 Å². The monoisotopic (exact) mass is 132 g/mol. The van der Waals surface area contributed by atoms with Gasteiger partial charge in [0.1, 0.15) is 0 Å². The van der Waals surface area contributed by atoms with E-state index in [0.29, 0.717) is 0 Å². The van der Waals surface area contributed by atoms with Crippen LogP contribution >= 0.6 is 0 Å². The van der Waals surface area contributed by atoms with Crippen molar-refractivity contribution < 1.29 is 0 Å². The quantitative estimate of drug-likeness (QED) is 0.514. The van der Waals surface area contributed by atoms with Gasteiger partial charge in [-0.3, -0.25) is 0 Å². The van der Waals surface area contributed by atoms with E-state index in [1.807, 2.05) is 13.0 Å². The third kappa shape index (κ3) is 2.06. The Hall–Kier alpha value is -1.04. The van der Waals surface area contributed by atoms with Crippen LogP contribution in [0.3, 0.4) is 0 Å². The molecule has 0 unspecified atom stereocenters. The lowest BCUT2D eigenvalue weighted by atomic mass is 10.1. The summed E-state index contributed by atoms with van der Waals surface area (Å²) >= 11 is 0. The lowest BCUT2D eigenvalue weighted by Gasteiger charge is -1.98. The highest BCUT2D eigenvalue weighted by Crippen LogP contribution is 2.09. The zero-order valence-electron chi connectivity index (χ0n) is 6.25. The second-order valence-corrected chi connectivity index (χ2v) is 2.26. The highest BCUT2D eigenvalue weighted by atomic mass is 13.9. The molecule has 1 aliphatic carbocycles. The SMILES string of the molecule is CC=CC=C1C=CC=CC1. The van der Waals surface area contributed by atoms with Gasteiger partial charge < -0.3 is 0 Å². The molecule has 0 aromatic carbocycles. The normalized spacial score (nSPS) is 21.1. The van der Waals surface area contributed by atoms with E-state index in [1.165, 1.54) is 5.57 Å². The van der Waals surface area contributed by atoms with Crippen molar-refractivity contribution in [3.8, 4) is 0 Å². The summed E-state index contributed by atoms with van der Waals surface area (Å²) in [6.07, 6.45) is 15.8. The minimum absolute atomic E-state index is 1.07. The molecule has 0 saturated heterocycles. The van der Waals surface area contributed by atoms with Gasteiger partial charge in [0.25, 0.3) is 0 Å². The van der Waals surface area contributed by atoms with Crippen molar-refractivity contribution in [3.05, 3.63) is 48.1 Å². The number of allylic oxidation sites excluding steroid dienone is 8. The van der Waals surface area contributed by atoms with Crippen molar-refractivity contribution in [2.24, 2.45) is 0 Å². The molecule has 0 atom stereocenters. The van der Waals surface area contributed by atoms with Gasteiger partial charge >= 0.3 is 0 Å². The Morgan fingerprint density at radius 2 is 2.30 bits per heavy atom. The topological polar surface area (TPSA) is 0 Å². The van der Waals surface area contributed by atoms with Crippen molar-refractivity contribution in [3.63, 3.8) is 0 Å². The minimum atomic E-state index is 1.07. The lowest BCUT2D eigenvalue weighted by molar-refractivity contribution is 1.26. The third-order valence-corrected chi connectivity index (χ3v) is 1.41. The maximum atomic E-state index is 2.16. The predicted molar refractivity (Wildman–Crippen MR) is 45.8 cm³/mol. The van der Waals surface area contributed by atoms with Gasteiger partial charge in [0.2, 0.25) is 0 Å². The van der Waals surface area contributed by atoms with Gasteiger partial charge in [0, 0.05) is 0 Å². The summed E-state index contributed by atoms with van der Waals surface area (Å²) in [7, 11) is 0. The molecule has 0 spiro atoms. The average Bonchev–Trinajstić information content (AvgIpc) is 2.03. The van der Waals surface area contributed by atoms with Crippen LogP contribution in [-0.4, -0.2) is 0 Å². The van der Waals surface area contributed by atoms with Crippen LogP contribution in [0.5, 0.6) is 0 Å². The Bertz CT molecular complexity index is 202. The Balaban J connectivity index is 2.58. The fourth-order valence-electron chi connectivity index (χ4n) is 0.873. The van der Waals surface area contributed by atoms with E-state index in [4.69, 9.17) is 0 Å². The summed E-state index contributed by atoms with van der Waals surface area (Å²) in [5.74, 6) is 0. The molecule has 0 bridgehead atoms. The lowest BCUT2D eigenvalue weighted by Crippen LogP contribution is -1.78. The van der Waals surface area contributed by atoms with Crippen molar-refractivity contribution in [2.45, 2.75) is 13.3 Å². The molecule has 0 radical (unpaired) electrons. The summed E-state index contributed by atoms with van der Waals surface area (Å²) in [6.45, 7) is 2.03. The number of rotatable bonds is 1. The molecule has 0 amide bonds. The summed E-state index contributed by atoms with van der Waals surface area (Å²) in [5.41, 5.74) is 1.38. The van der Waals surface area contributed by atoms with Crippen LogP contribution in [0, 0.1) is 0 Å².